The minimum Gasteiger partial charge on any atom is -0.298 e. The monoisotopic (exact) mass is 406 g/mol. The van der Waals surface area contributed by atoms with Crippen molar-refractivity contribution in [2.45, 2.75) is 4.90 Å². The van der Waals surface area contributed by atoms with Crippen LogP contribution in [-0.2, 0) is 9.84 Å². The number of sulfone groups is 1. The highest BCUT2D eigenvalue weighted by molar-refractivity contribution is 7.90. The zero-order valence-electron chi connectivity index (χ0n) is 14.8. The van der Waals surface area contributed by atoms with Gasteiger partial charge in [0.15, 0.2) is 15.0 Å². The second-order valence-corrected chi connectivity index (χ2v) is 9.67. The molecule has 4 aromatic rings. The molecular formula is C21H14N2O3S2. The topological polar surface area (TPSA) is 76.1 Å². The molecule has 1 N–H and O–H groups in total. The van der Waals surface area contributed by atoms with Gasteiger partial charge in [0.2, 0.25) is 0 Å². The minimum absolute atomic E-state index is 0.113. The molecule has 0 aliphatic heterocycles. The van der Waals surface area contributed by atoms with Crippen molar-refractivity contribution in [1.29, 1.82) is 0 Å². The van der Waals surface area contributed by atoms with Gasteiger partial charge in [0.25, 0.3) is 5.91 Å². The van der Waals surface area contributed by atoms with Gasteiger partial charge in [-0.3, -0.25) is 10.1 Å². The van der Waals surface area contributed by atoms with Crippen LogP contribution in [0.5, 0.6) is 0 Å². The van der Waals surface area contributed by atoms with Crippen LogP contribution in [0.15, 0.2) is 65.6 Å². The van der Waals surface area contributed by atoms with Crippen LogP contribution in [0.2, 0.25) is 0 Å². The molecule has 28 heavy (non-hydrogen) atoms. The van der Waals surface area contributed by atoms with E-state index in [-0.39, 0.29) is 16.4 Å². The summed E-state index contributed by atoms with van der Waals surface area (Å²) < 4.78 is 23.5. The first kappa shape index (κ1) is 17.1. The van der Waals surface area contributed by atoms with Crippen LogP contribution >= 0.6 is 11.3 Å². The number of carbonyl (C=O) groups is 1. The normalized spacial score (nSPS) is 12.2. The second kappa shape index (κ2) is 5.98. The van der Waals surface area contributed by atoms with Crippen molar-refractivity contribution in [2.24, 2.45) is 0 Å². The molecule has 0 saturated heterocycles. The molecule has 0 unspecified atom stereocenters. The summed E-state index contributed by atoms with van der Waals surface area (Å²) in [5.41, 5.74) is 3.34. The number of nitrogens with one attached hydrogen (secondary N) is 1. The molecule has 0 bridgehead atoms. The lowest BCUT2D eigenvalue weighted by atomic mass is 10.0. The standard InChI is InChI=1S/C21H14N2O3S2/c1-28(25,26)14-8-2-7-13(11-14)20(24)23-21-22-18-15-9-3-5-12-6-4-10-16(17(12)15)19(18)27-21/h2-11H,1H3,(H,22,23,24). The summed E-state index contributed by atoms with van der Waals surface area (Å²) in [5, 5.41) is 5.66. The van der Waals surface area contributed by atoms with Gasteiger partial charge >= 0.3 is 0 Å². The number of thiazole rings is 1. The molecule has 0 radical (unpaired) electrons. The Morgan fingerprint density at radius 3 is 2.46 bits per heavy atom. The zero-order chi connectivity index (χ0) is 19.5. The van der Waals surface area contributed by atoms with Gasteiger partial charge < -0.3 is 0 Å². The van der Waals surface area contributed by atoms with Crippen LogP contribution in [-0.4, -0.2) is 25.6 Å². The number of anilines is 1. The minimum atomic E-state index is -3.38. The Balaban J connectivity index is 1.50. The van der Waals surface area contributed by atoms with Crippen LogP contribution in [0.25, 0.3) is 32.5 Å². The Hall–Kier alpha value is -3.03. The molecular weight excluding hydrogens is 392 g/mol. The van der Waals surface area contributed by atoms with Crippen LogP contribution in [0, 0.1) is 0 Å². The first-order chi connectivity index (χ1) is 13.4. The fraction of sp³-hybridized carbons (Fsp3) is 0.0476. The molecule has 1 aromatic heterocycles. The van der Waals surface area contributed by atoms with Crippen LogP contribution in [0.1, 0.15) is 10.4 Å². The van der Waals surface area contributed by atoms with Crippen molar-refractivity contribution in [2.75, 3.05) is 11.6 Å². The molecule has 5 nitrogen and oxygen atoms in total. The average molecular weight is 406 g/mol. The number of aromatic nitrogens is 1. The molecule has 0 saturated carbocycles. The second-order valence-electron chi connectivity index (χ2n) is 6.66. The van der Waals surface area contributed by atoms with E-state index in [1.165, 1.54) is 34.2 Å². The first-order valence-corrected chi connectivity index (χ1v) is 11.3. The third-order valence-corrected chi connectivity index (χ3v) is 6.89. The lowest BCUT2D eigenvalue weighted by molar-refractivity contribution is 0.102. The lowest BCUT2D eigenvalue weighted by Gasteiger charge is -2.05. The van der Waals surface area contributed by atoms with Gasteiger partial charge in [-0.2, -0.15) is 0 Å². The van der Waals surface area contributed by atoms with E-state index < -0.39 is 9.84 Å². The molecule has 1 aliphatic carbocycles. The summed E-state index contributed by atoms with van der Waals surface area (Å²) in [6.45, 7) is 0. The van der Waals surface area contributed by atoms with E-state index in [9.17, 15) is 13.2 Å². The highest BCUT2D eigenvalue weighted by Crippen LogP contribution is 2.50. The van der Waals surface area contributed by atoms with Gasteiger partial charge in [0, 0.05) is 22.9 Å². The van der Waals surface area contributed by atoms with Crippen molar-refractivity contribution in [3.05, 3.63) is 66.2 Å². The zero-order valence-corrected chi connectivity index (χ0v) is 16.4. The van der Waals surface area contributed by atoms with Gasteiger partial charge in [0.05, 0.1) is 15.5 Å². The quantitative estimate of drug-likeness (QED) is 0.475. The Bertz CT molecular complexity index is 1330. The fourth-order valence-electron chi connectivity index (χ4n) is 3.50. The summed E-state index contributed by atoms with van der Waals surface area (Å²) in [6, 6.07) is 18.3. The van der Waals surface area contributed by atoms with Crippen molar-refractivity contribution in [3.63, 3.8) is 0 Å². The maximum Gasteiger partial charge on any atom is 0.257 e. The Morgan fingerprint density at radius 1 is 1.00 bits per heavy atom. The Morgan fingerprint density at radius 2 is 1.71 bits per heavy atom. The predicted octanol–water partition coefficient (Wildman–Crippen LogP) is 4.60. The van der Waals surface area contributed by atoms with Gasteiger partial charge in [-0.1, -0.05) is 53.8 Å². The van der Waals surface area contributed by atoms with Gasteiger partial charge in [-0.25, -0.2) is 13.4 Å². The van der Waals surface area contributed by atoms with Crippen molar-refractivity contribution >= 4 is 43.0 Å². The van der Waals surface area contributed by atoms with Crippen LogP contribution < -0.4 is 5.32 Å². The van der Waals surface area contributed by atoms with E-state index in [1.807, 2.05) is 18.2 Å². The summed E-state index contributed by atoms with van der Waals surface area (Å²) in [7, 11) is -3.38. The van der Waals surface area contributed by atoms with Gasteiger partial charge in [-0.05, 0) is 29.0 Å². The fourth-order valence-corrected chi connectivity index (χ4v) is 5.18. The number of amides is 1. The van der Waals surface area contributed by atoms with E-state index in [1.54, 1.807) is 12.1 Å². The van der Waals surface area contributed by atoms with Crippen molar-refractivity contribution < 1.29 is 13.2 Å². The number of hydrogen-bond donors (Lipinski definition) is 1. The number of rotatable bonds is 3. The third-order valence-electron chi connectivity index (χ3n) is 4.78. The number of nitrogens with zero attached hydrogens (tertiary/aromatic N) is 1. The highest BCUT2D eigenvalue weighted by Gasteiger charge is 2.26. The van der Waals surface area contributed by atoms with E-state index in [0.717, 1.165) is 28.0 Å². The van der Waals surface area contributed by atoms with Crippen molar-refractivity contribution in [1.82, 2.24) is 4.98 Å². The van der Waals surface area contributed by atoms with E-state index in [2.05, 4.69) is 28.5 Å². The smallest absolute Gasteiger partial charge is 0.257 e. The van der Waals surface area contributed by atoms with E-state index in [0.29, 0.717) is 5.13 Å². The summed E-state index contributed by atoms with van der Waals surface area (Å²) in [5.74, 6) is -0.385. The number of benzene rings is 3. The molecule has 1 amide bonds. The predicted molar refractivity (Wildman–Crippen MR) is 112 cm³/mol. The number of fused-ring (bicyclic) bond motifs is 3. The van der Waals surface area contributed by atoms with E-state index in [4.69, 9.17) is 0 Å². The van der Waals surface area contributed by atoms with E-state index >= 15 is 0 Å². The molecule has 7 heteroatoms. The van der Waals surface area contributed by atoms with Gasteiger partial charge in [-0.15, -0.1) is 0 Å². The molecule has 5 rings (SSSR count). The molecule has 3 aromatic carbocycles. The highest BCUT2D eigenvalue weighted by atomic mass is 32.2. The molecule has 138 valence electrons. The Kier molecular flexibility index (Phi) is 3.65. The molecule has 1 aliphatic rings. The summed E-state index contributed by atoms with van der Waals surface area (Å²) in [6.07, 6.45) is 1.12. The van der Waals surface area contributed by atoms with Crippen LogP contribution in [0.3, 0.4) is 0 Å². The summed E-state index contributed by atoms with van der Waals surface area (Å²) >= 11 is 1.42. The molecule has 0 fully saturated rings. The molecule has 0 spiro atoms. The largest absolute Gasteiger partial charge is 0.298 e. The first-order valence-electron chi connectivity index (χ1n) is 8.56. The Labute approximate surface area is 165 Å². The molecule has 1 heterocycles. The summed E-state index contributed by atoms with van der Waals surface area (Å²) in [4.78, 5) is 18.4. The SMILES string of the molecule is CS(=O)(=O)c1cccc(C(=O)Nc2nc3c(s2)-c2cccc4cccc-3c24)c1. The van der Waals surface area contributed by atoms with Crippen LogP contribution in [0.4, 0.5) is 5.13 Å². The van der Waals surface area contributed by atoms with Crippen molar-refractivity contribution in [3.8, 4) is 21.7 Å². The third kappa shape index (κ3) is 2.63. The number of carbonyl (C=O) groups excluding carboxylic acids is 1. The van der Waals surface area contributed by atoms with Gasteiger partial charge in [0.1, 0.15) is 0 Å². The molecule has 0 atom stereocenters. The maximum atomic E-state index is 12.6. The maximum absolute atomic E-state index is 12.6. The number of hydrogen-bond acceptors (Lipinski definition) is 5. The lowest BCUT2D eigenvalue weighted by Crippen LogP contribution is -2.12. The average Bonchev–Trinajstić information content (AvgIpc) is 3.21.